The maximum Gasteiger partial charge on any atom is 0.258 e. The first-order valence-electron chi connectivity index (χ1n) is 6.51. The highest BCUT2D eigenvalue weighted by Crippen LogP contribution is 2.22. The lowest BCUT2D eigenvalue weighted by atomic mass is 10.2. The summed E-state index contributed by atoms with van der Waals surface area (Å²) < 4.78 is 0. The van der Waals surface area contributed by atoms with Crippen LogP contribution in [0.3, 0.4) is 0 Å². The van der Waals surface area contributed by atoms with Gasteiger partial charge in [-0.3, -0.25) is 10.1 Å². The molecule has 0 aliphatic heterocycles. The number of anilines is 1. The zero-order valence-electron chi connectivity index (χ0n) is 12.3. The Morgan fingerprint density at radius 1 is 1.33 bits per heavy atom. The lowest BCUT2D eigenvalue weighted by Crippen LogP contribution is -2.14. The minimum absolute atomic E-state index is 0.143. The third-order valence-electron chi connectivity index (χ3n) is 2.81. The molecule has 7 heteroatoms. The molecule has 0 aliphatic rings. The molecule has 2 aromatic rings. The van der Waals surface area contributed by atoms with Gasteiger partial charge in [-0.05, 0) is 32.5 Å². The van der Waals surface area contributed by atoms with Crippen LogP contribution in [0, 0.1) is 0 Å². The van der Waals surface area contributed by atoms with Crippen LogP contribution in [0.1, 0.15) is 15.4 Å². The van der Waals surface area contributed by atoms with Crippen LogP contribution in [0.15, 0.2) is 29.2 Å². The van der Waals surface area contributed by atoms with Crippen LogP contribution >= 0.6 is 23.1 Å². The van der Waals surface area contributed by atoms with Gasteiger partial charge in [-0.1, -0.05) is 23.5 Å². The SMILES string of the molecule is CSc1ccccc1C(=O)Nc1nnc(CCN(C)C)s1. The predicted molar refractivity (Wildman–Crippen MR) is 88.3 cm³/mol. The van der Waals surface area contributed by atoms with E-state index in [4.69, 9.17) is 0 Å². The molecule has 0 bridgehead atoms. The van der Waals surface area contributed by atoms with Gasteiger partial charge in [-0.2, -0.15) is 0 Å². The summed E-state index contributed by atoms with van der Waals surface area (Å²) in [5.41, 5.74) is 0.662. The summed E-state index contributed by atoms with van der Waals surface area (Å²) >= 11 is 2.98. The second-order valence-corrected chi connectivity index (χ2v) is 6.62. The van der Waals surface area contributed by atoms with Crippen molar-refractivity contribution in [2.45, 2.75) is 11.3 Å². The van der Waals surface area contributed by atoms with E-state index in [1.807, 2.05) is 44.6 Å². The summed E-state index contributed by atoms with van der Waals surface area (Å²) in [7, 11) is 4.03. The molecule has 0 saturated carbocycles. The van der Waals surface area contributed by atoms with Crippen molar-refractivity contribution >= 4 is 34.1 Å². The molecular formula is C14H18N4OS2. The highest BCUT2D eigenvalue weighted by atomic mass is 32.2. The Kier molecular flexibility index (Phi) is 5.72. The van der Waals surface area contributed by atoms with Gasteiger partial charge in [0, 0.05) is 17.9 Å². The normalized spacial score (nSPS) is 10.9. The second kappa shape index (κ2) is 7.53. The number of aromatic nitrogens is 2. The van der Waals surface area contributed by atoms with Crippen LogP contribution in [0.5, 0.6) is 0 Å². The summed E-state index contributed by atoms with van der Waals surface area (Å²) in [6.45, 7) is 0.915. The summed E-state index contributed by atoms with van der Waals surface area (Å²) in [5, 5.41) is 12.4. The van der Waals surface area contributed by atoms with Crippen LogP contribution < -0.4 is 5.32 Å². The first kappa shape index (κ1) is 15.9. The Labute approximate surface area is 132 Å². The topological polar surface area (TPSA) is 58.1 Å². The maximum absolute atomic E-state index is 12.3. The molecule has 0 saturated heterocycles. The highest BCUT2D eigenvalue weighted by molar-refractivity contribution is 7.98. The quantitative estimate of drug-likeness (QED) is 0.829. The fraction of sp³-hybridized carbons (Fsp3) is 0.357. The number of rotatable bonds is 6. The zero-order valence-corrected chi connectivity index (χ0v) is 13.9. The van der Waals surface area contributed by atoms with Crippen molar-refractivity contribution in [1.29, 1.82) is 0 Å². The summed E-state index contributed by atoms with van der Waals surface area (Å²) in [6, 6.07) is 7.53. The Hall–Kier alpha value is -1.44. The number of benzene rings is 1. The number of nitrogens with zero attached hydrogens (tertiary/aromatic N) is 3. The lowest BCUT2D eigenvalue weighted by Gasteiger charge is -2.06. The van der Waals surface area contributed by atoms with Crippen molar-refractivity contribution in [3.8, 4) is 0 Å². The van der Waals surface area contributed by atoms with Crippen LogP contribution in [-0.4, -0.2) is 47.9 Å². The number of amides is 1. The van der Waals surface area contributed by atoms with Gasteiger partial charge < -0.3 is 4.90 Å². The molecule has 0 spiro atoms. The molecule has 0 unspecified atom stereocenters. The van der Waals surface area contributed by atoms with Gasteiger partial charge in [0.1, 0.15) is 5.01 Å². The average molecular weight is 322 g/mol. The molecule has 0 radical (unpaired) electrons. The van der Waals surface area contributed by atoms with Crippen LogP contribution in [0.4, 0.5) is 5.13 Å². The number of carbonyl (C=O) groups is 1. The smallest absolute Gasteiger partial charge is 0.258 e. The zero-order chi connectivity index (χ0) is 15.2. The van der Waals surface area contributed by atoms with E-state index in [-0.39, 0.29) is 5.91 Å². The number of hydrogen-bond acceptors (Lipinski definition) is 6. The monoisotopic (exact) mass is 322 g/mol. The Morgan fingerprint density at radius 2 is 2.10 bits per heavy atom. The van der Waals surface area contributed by atoms with E-state index in [2.05, 4.69) is 20.4 Å². The van der Waals surface area contributed by atoms with Crippen molar-refractivity contribution in [1.82, 2.24) is 15.1 Å². The average Bonchev–Trinajstić information content (AvgIpc) is 2.92. The number of hydrogen-bond donors (Lipinski definition) is 1. The van der Waals surface area contributed by atoms with Crippen molar-refractivity contribution in [3.05, 3.63) is 34.8 Å². The highest BCUT2D eigenvalue weighted by Gasteiger charge is 2.13. The molecule has 21 heavy (non-hydrogen) atoms. The van der Waals surface area contributed by atoms with E-state index in [0.29, 0.717) is 10.7 Å². The summed E-state index contributed by atoms with van der Waals surface area (Å²) in [6.07, 6.45) is 2.79. The van der Waals surface area contributed by atoms with E-state index in [0.717, 1.165) is 22.9 Å². The van der Waals surface area contributed by atoms with Gasteiger partial charge in [0.15, 0.2) is 0 Å². The summed E-state index contributed by atoms with van der Waals surface area (Å²) in [4.78, 5) is 15.3. The Balaban J connectivity index is 2.03. The number of nitrogens with one attached hydrogen (secondary N) is 1. The molecule has 1 aromatic carbocycles. The second-order valence-electron chi connectivity index (χ2n) is 4.71. The Bertz CT molecular complexity index is 613. The molecule has 0 atom stereocenters. The predicted octanol–water partition coefficient (Wildman–Crippen LogP) is 2.62. The number of thioether (sulfide) groups is 1. The van der Waals surface area contributed by atoms with E-state index in [1.165, 1.54) is 11.3 Å². The minimum Gasteiger partial charge on any atom is -0.309 e. The van der Waals surface area contributed by atoms with Crippen LogP contribution in [0.25, 0.3) is 0 Å². The molecule has 112 valence electrons. The molecular weight excluding hydrogens is 304 g/mol. The molecule has 2 rings (SSSR count). The van der Waals surface area contributed by atoms with Crippen molar-refractivity contribution in [3.63, 3.8) is 0 Å². The van der Waals surface area contributed by atoms with E-state index >= 15 is 0 Å². The molecule has 1 aromatic heterocycles. The first-order valence-corrected chi connectivity index (χ1v) is 8.55. The van der Waals surface area contributed by atoms with E-state index in [9.17, 15) is 4.79 Å². The van der Waals surface area contributed by atoms with Gasteiger partial charge in [-0.15, -0.1) is 22.0 Å². The number of likely N-dealkylation sites (N-methyl/N-ethyl adjacent to an activating group) is 1. The molecule has 1 amide bonds. The van der Waals surface area contributed by atoms with Gasteiger partial charge in [0.2, 0.25) is 5.13 Å². The van der Waals surface area contributed by atoms with Gasteiger partial charge in [-0.25, -0.2) is 0 Å². The summed E-state index contributed by atoms with van der Waals surface area (Å²) in [5.74, 6) is -0.143. The fourth-order valence-corrected chi connectivity index (χ4v) is 3.04. The van der Waals surface area contributed by atoms with Gasteiger partial charge in [0.25, 0.3) is 5.91 Å². The van der Waals surface area contributed by atoms with E-state index < -0.39 is 0 Å². The Morgan fingerprint density at radius 3 is 2.81 bits per heavy atom. The first-order chi connectivity index (χ1) is 10.1. The van der Waals surface area contributed by atoms with Crippen molar-refractivity contribution in [2.24, 2.45) is 0 Å². The molecule has 1 heterocycles. The third-order valence-corrected chi connectivity index (χ3v) is 4.51. The van der Waals surface area contributed by atoms with Crippen molar-refractivity contribution < 1.29 is 4.79 Å². The van der Waals surface area contributed by atoms with Gasteiger partial charge >= 0.3 is 0 Å². The largest absolute Gasteiger partial charge is 0.309 e. The lowest BCUT2D eigenvalue weighted by molar-refractivity contribution is 0.102. The standard InChI is InChI=1S/C14H18N4OS2/c1-18(2)9-8-12-16-17-14(21-12)15-13(19)10-6-4-5-7-11(10)20-3/h4-7H,8-9H2,1-3H3,(H,15,17,19). The van der Waals surface area contributed by atoms with Crippen LogP contribution in [-0.2, 0) is 6.42 Å². The van der Waals surface area contributed by atoms with E-state index in [1.54, 1.807) is 11.8 Å². The molecule has 1 N–H and O–H groups in total. The van der Waals surface area contributed by atoms with Gasteiger partial charge in [0.05, 0.1) is 5.56 Å². The fourth-order valence-electron chi connectivity index (χ4n) is 1.72. The minimum atomic E-state index is -0.143. The van der Waals surface area contributed by atoms with Crippen LogP contribution in [0.2, 0.25) is 0 Å². The third kappa shape index (κ3) is 4.52. The molecule has 5 nitrogen and oxygen atoms in total. The molecule has 0 aliphatic carbocycles. The van der Waals surface area contributed by atoms with Crippen molar-refractivity contribution in [2.75, 3.05) is 32.2 Å². The maximum atomic E-state index is 12.3. The molecule has 0 fully saturated rings. The number of carbonyl (C=O) groups excluding carboxylic acids is 1.